The summed E-state index contributed by atoms with van der Waals surface area (Å²) >= 11 is 6.80. The topological polar surface area (TPSA) is 20.2 Å². The van der Waals surface area contributed by atoms with Crippen LogP contribution >= 0.6 is 31.9 Å². The van der Waals surface area contributed by atoms with Gasteiger partial charge in [0.2, 0.25) is 0 Å². The molecule has 3 heteroatoms. The summed E-state index contributed by atoms with van der Waals surface area (Å²) < 4.78 is 1.06. The molecule has 0 aromatic heterocycles. The van der Waals surface area contributed by atoms with E-state index >= 15 is 0 Å². The summed E-state index contributed by atoms with van der Waals surface area (Å²) in [5.74, 6) is 0. The van der Waals surface area contributed by atoms with Gasteiger partial charge in [-0.1, -0.05) is 62.2 Å². The molecule has 0 heterocycles. The summed E-state index contributed by atoms with van der Waals surface area (Å²) in [5, 5.41) is 12.6. The maximum absolute atomic E-state index is 9.86. The highest BCUT2D eigenvalue weighted by Crippen LogP contribution is 2.30. The van der Waals surface area contributed by atoms with Gasteiger partial charge < -0.3 is 5.11 Å². The predicted molar refractivity (Wildman–Crippen MR) is 70.4 cm³/mol. The van der Waals surface area contributed by atoms with Crippen LogP contribution in [-0.2, 0) is 0 Å². The summed E-state index contributed by atoms with van der Waals surface area (Å²) in [7, 11) is 0. The molecule has 15 heavy (non-hydrogen) atoms. The smallest absolute Gasteiger partial charge is 0.0892 e. The number of rotatable bonds is 2. The lowest BCUT2D eigenvalue weighted by molar-refractivity contribution is 0.207. The van der Waals surface area contributed by atoms with E-state index in [1.807, 2.05) is 36.4 Å². The number of hydrogen-bond acceptors (Lipinski definition) is 1. The molecule has 1 N–H and O–H groups in total. The molecule has 2 aromatic carbocycles. The molecule has 2 aromatic rings. The van der Waals surface area contributed by atoms with Gasteiger partial charge in [0, 0.05) is 9.80 Å². The van der Waals surface area contributed by atoms with Crippen molar-refractivity contribution in [2.24, 2.45) is 0 Å². The molecule has 0 saturated carbocycles. The Labute approximate surface area is 105 Å². The molecule has 0 fully saturated rings. The molecule has 78 valence electrons. The van der Waals surface area contributed by atoms with Crippen molar-refractivity contribution in [1.82, 2.24) is 0 Å². The molecular weight excluding hydrogens is 320 g/mol. The molecule has 0 aliphatic heterocycles. The van der Waals surface area contributed by atoms with Gasteiger partial charge in [0.1, 0.15) is 0 Å². The molecule has 0 radical (unpaired) electrons. The maximum atomic E-state index is 9.86. The van der Waals surface area contributed by atoms with Crippen LogP contribution in [0.2, 0.25) is 0 Å². The second-order valence-electron chi connectivity index (χ2n) is 3.35. The van der Waals surface area contributed by atoms with Crippen LogP contribution in [0.15, 0.2) is 40.9 Å². The Bertz CT molecular complexity index is 482. The molecule has 0 spiro atoms. The first kappa shape index (κ1) is 11.1. The Morgan fingerprint density at radius 3 is 2.40 bits per heavy atom. The van der Waals surface area contributed by atoms with Crippen molar-refractivity contribution < 1.29 is 5.11 Å². The van der Waals surface area contributed by atoms with Crippen molar-refractivity contribution in [3.63, 3.8) is 0 Å². The molecule has 0 amide bonds. The Morgan fingerprint density at radius 2 is 1.73 bits per heavy atom. The minimum Gasteiger partial charge on any atom is -0.388 e. The predicted octanol–water partition coefficient (Wildman–Crippen LogP) is 4.03. The van der Waals surface area contributed by atoms with E-state index in [1.165, 1.54) is 0 Å². The van der Waals surface area contributed by atoms with Gasteiger partial charge in [-0.3, -0.25) is 0 Å². The van der Waals surface area contributed by atoms with Crippen molar-refractivity contribution in [2.45, 2.75) is 6.10 Å². The van der Waals surface area contributed by atoms with E-state index in [1.54, 1.807) is 0 Å². The molecular formula is C12H10Br2O. The number of hydrogen-bond donors (Lipinski definition) is 1. The van der Waals surface area contributed by atoms with Gasteiger partial charge in [-0.15, -0.1) is 0 Å². The fourth-order valence-corrected chi connectivity index (χ4v) is 2.49. The van der Waals surface area contributed by atoms with Crippen LogP contribution in [0, 0.1) is 0 Å². The normalized spacial score (nSPS) is 13.0. The van der Waals surface area contributed by atoms with E-state index < -0.39 is 6.10 Å². The second-order valence-corrected chi connectivity index (χ2v) is 4.85. The Kier molecular flexibility index (Phi) is 3.44. The van der Waals surface area contributed by atoms with E-state index in [2.05, 4.69) is 31.9 Å². The first-order chi connectivity index (χ1) is 7.24. The van der Waals surface area contributed by atoms with Gasteiger partial charge in [-0.25, -0.2) is 0 Å². The first-order valence-electron chi connectivity index (χ1n) is 4.65. The van der Waals surface area contributed by atoms with Crippen LogP contribution < -0.4 is 0 Å². The Hall–Kier alpha value is -0.380. The van der Waals surface area contributed by atoms with Gasteiger partial charge in [-0.2, -0.15) is 0 Å². The minimum atomic E-state index is -0.456. The van der Waals surface area contributed by atoms with Crippen LogP contribution in [0.4, 0.5) is 0 Å². The zero-order valence-electron chi connectivity index (χ0n) is 7.95. The van der Waals surface area contributed by atoms with Gasteiger partial charge in [0.05, 0.1) is 6.10 Å². The van der Waals surface area contributed by atoms with Crippen LogP contribution in [0.25, 0.3) is 10.8 Å². The quantitative estimate of drug-likeness (QED) is 0.825. The highest BCUT2D eigenvalue weighted by Gasteiger charge is 2.10. The van der Waals surface area contributed by atoms with Crippen LogP contribution in [0.1, 0.15) is 11.7 Å². The van der Waals surface area contributed by atoms with Gasteiger partial charge in [0.25, 0.3) is 0 Å². The van der Waals surface area contributed by atoms with E-state index in [4.69, 9.17) is 0 Å². The number of halogens is 2. The molecule has 0 bridgehead atoms. The average Bonchev–Trinajstić information content (AvgIpc) is 2.29. The summed E-state index contributed by atoms with van der Waals surface area (Å²) in [6.45, 7) is 0. The van der Waals surface area contributed by atoms with Crippen LogP contribution in [0.3, 0.4) is 0 Å². The molecule has 1 nitrogen and oxygen atoms in total. The van der Waals surface area contributed by atoms with Gasteiger partial charge >= 0.3 is 0 Å². The Morgan fingerprint density at radius 1 is 1.07 bits per heavy atom. The number of fused-ring (bicyclic) bond motifs is 1. The largest absolute Gasteiger partial charge is 0.388 e. The van der Waals surface area contributed by atoms with Crippen molar-refractivity contribution in [3.8, 4) is 0 Å². The third kappa shape index (κ3) is 2.10. The van der Waals surface area contributed by atoms with Crippen LogP contribution in [0.5, 0.6) is 0 Å². The molecule has 0 unspecified atom stereocenters. The first-order valence-corrected chi connectivity index (χ1v) is 6.56. The molecule has 0 saturated heterocycles. The molecule has 2 rings (SSSR count). The third-order valence-corrected chi connectivity index (χ3v) is 3.71. The monoisotopic (exact) mass is 328 g/mol. The zero-order chi connectivity index (χ0) is 10.8. The van der Waals surface area contributed by atoms with Crippen molar-refractivity contribution in [3.05, 3.63) is 46.4 Å². The van der Waals surface area contributed by atoms with Crippen molar-refractivity contribution in [1.29, 1.82) is 0 Å². The van der Waals surface area contributed by atoms with Crippen molar-refractivity contribution >= 4 is 42.6 Å². The van der Waals surface area contributed by atoms with Gasteiger partial charge in [0.15, 0.2) is 0 Å². The van der Waals surface area contributed by atoms with E-state index in [9.17, 15) is 5.11 Å². The fourth-order valence-electron chi connectivity index (χ4n) is 1.66. The summed E-state index contributed by atoms with van der Waals surface area (Å²) in [6, 6.07) is 12.0. The molecule has 1 atom stereocenters. The van der Waals surface area contributed by atoms with E-state index in [0.717, 1.165) is 20.8 Å². The molecule has 0 aliphatic carbocycles. The highest BCUT2D eigenvalue weighted by molar-refractivity contribution is 9.10. The third-order valence-electron chi connectivity index (χ3n) is 2.41. The zero-order valence-corrected chi connectivity index (χ0v) is 11.1. The summed E-state index contributed by atoms with van der Waals surface area (Å²) in [6.07, 6.45) is -0.456. The number of benzene rings is 2. The van der Waals surface area contributed by atoms with Crippen LogP contribution in [-0.4, -0.2) is 10.4 Å². The lowest BCUT2D eigenvalue weighted by Gasteiger charge is -2.11. The number of aliphatic hydroxyl groups excluding tert-OH is 1. The van der Waals surface area contributed by atoms with Crippen molar-refractivity contribution in [2.75, 3.05) is 5.33 Å². The summed E-state index contributed by atoms with van der Waals surface area (Å²) in [5.41, 5.74) is 0.964. The Balaban J connectivity index is 2.71. The highest BCUT2D eigenvalue weighted by atomic mass is 79.9. The van der Waals surface area contributed by atoms with E-state index in [-0.39, 0.29) is 0 Å². The number of aliphatic hydroxyl groups is 1. The maximum Gasteiger partial charge on any atom is 0.0892 e. The number of alkyl halides is 1. The minimum absolute atomic E-state index is 0.456. The lowest BCUT2D eigenvalue weighted by atomic mass is 10.0. The van der Waals surface area contributed by atoms with E-state index in [0.29, 0.717) is 5.33 Å². The fraction of sp³-hybridized carbons (Fsp3) is 0.167. The second kappa shape index (κ2) is 4.64. The lowest BCUT2D eigenvalue weighted by Crippen LogP contribution is -1.99. The average molecular weight is 330 g/mol. The SMILES string of the molecule is O[C@@H](CBr)c1ccc(Br)c2ccccc12. The van der Waals surface area contributed by atoms with Gasteiger partial charge in [-0.05, 0) is 22.4 Å². The standard InChI is InChI=1S/C12H10Br2O/c13-7-12(15)10-5-6-11(14)9-4-2-1-3-8(9)10/h1-6,12,15H,7H2/t12-/m0/s1. The molecule has 0 aliphatic rings. The summed E-state index contributed by atoms with van der Waals surface area (Å²) in [4.78, 5) is 0.